The van der Waals surface area contributed by atoms with Gasteiger partial charge in [0.15, 0.2) is 28.3 Å². The molecule has 1 aromatic heterocycles. The van der Waals surface area contributed by atoms with Crippen LogP contribution in [0.1, 0.15) is 5.56 Å². The lowest BCUT2D eigenvalue weighted by molar-refractivity contribution is 0.459. The number of rotatable bonds is 4. The molecule has 0 aliphatic heterocycles. The second-order valence-electron chi connectivity index (χ2n) is 3.88. The van der Waals surface area contributed by atoms with E-state index in [2.05, 4.69) is 10.2 Å². The van der Waals surface area contributed by atoms with Crippen molar-refractivity contribution in [3.8, 4) is 0 Å². The number of hydrogen-bond donors (Lipinski definition) is 3. The van der Waals surface area contributed by atoms with Gasteiger partial charge in [-0.25, -0.2) is 17.6 Å². The van der Waals surface area contributed by atoms with Gasteiger partial charge in [0.05, 0.1) is 6.20 Å². The quantitative estimate of drug-likeness (QED) is 0.581. The van der Waals surface area contributed by atoms with E-state index >= 15 is 0 Å². The maximum Gasteiger partial charge on any atom is 0.279 e. The van der Waals surface area contributed by atoms with Gasteiger partial charge in [0.1, 0.15) is 5.69 Å². The third kappa shape index (κ3) is 2.69. The maximum absolute atomic E-state index is 13.4. The number of hydrogen-bond acceptors (Lipinski definition) is 4. The molecule has 1 heterocycles. The zero-order chi connectivity index (χ0) is 15.8. The van der Waals surface area contributed by atoms with E-state index in [1.807, 2.05) is 0 Å². The summed E-state index contributed by atoms with van der Waals surface area (Å²) < 4.78 is 78.3. The molecular formula is C10H8F4N4O2S. The maximum atomic E-state index is 13.4. The summed E-state index contributed by atoms with van der Waals surface area (Å²) in [7, 11) is -4.55. The summed E-state index contributed by atoms with van der Waals surface area (Å²) in [4.78, 5) is 0. The van der Waals surface area contributed by atoms with Gasteiger partial charge in [-0.05, 0) is 0 Å². The largest absolute Gasteiger partial charge is 0.326 e. The van der Waals surface area contributed by atoms with Crippen molar-refractivity contribution >= 4 is 15.7 Å². The molecule has 114 valence electrons. The minimum absolute atomic E-state index is 0.0280. The Morgan fingerprint density at radius 1 is 1.19 bits per heavy atom. The Kier molecular flexibility index (Phi) is 3.87. The highest BCUT2D eigenvalue weighted by molar-refractivity contribution is 7.92. The van der Waals surface area contributed by atoms with E-state index in [0.717, 1.165) is 6.20 Å². The van der Waals surface area contributed by atoms with Crippen LogP contribution in [0.5, 0.6) is 0 Å². The Hall–Kier alpha value is -2.14. The summed E-state index contributed by atoms with van der Waals surface area (Å²) in [5.41, 5.74) is 3.83. The summed E-state index contributed by atoms with van der Waals surface area (Å²) >= 11 is 0. The third-order valence-corrected chi connectivity index (χ3v) is 3.88. The van der Waals surface area contributed by atoms with Crippen LogP contribution in [-0.4, -0.2) is 18.6 Å². The molecule has 0 atom stereocenters. The summed E-state index contributed by atoms with van der Waals surface area (Å²) in [6.07, 6.45) is 1.09. The highest BCUT2D eigenvalue weighted by Gasteiger charge is 2.26. The van der Waals surface area contributed by atoms with Gasteiger partial charge >= 0.3 is 0 Å². The van der Waals surface area contributed by atoms with Gasteiger partial charge in [0.25, 0.3) is 10.0 Å². The molecular weight excluding hydrogens is 316 g/mol. The number of anilines is 1. The topological polar surface area (TPSA) is 101 Å². The number of nitrogens with two attached hydrogens (primary N) is 1. The molecule has 0 bridgehead atoms. The first kappa shape index (κ1) is 15.3. The van der Waals surface area contributed by atoms with Gasteiger partial charge in [-0.15, -0.1) is 0 Å². The van der Waals surface area contributed by atoms with Gasteiger partial charge in [-0.2, -0.15) is 13.5 Å². The molecule has 21 heavy (non-hydrogen) atoms. The first-order valence-corrected chi connectivity index (χ1v) is 6.84. The van der Waals surface area contributed by atoms with Crippen molar-refractivity contribution in [1.82, 2.24) is 10.2 Å². The molecule has 0 saturated carbocycles. The van der Waals surface area contributed by atoms with Gasteiger partial charge < -0.3 is 5.73 Å². The minimum atomic E-state index is -4.55. The van der Waals surface area contributed by atoms with Crippen molar-refractivity contribution in [3.63, 3.8) is 0 Å². The number of nitrogens with zero attached hydrogens (tertiary/aromatic N) is 1. The van der Waals surface area contributed by atoms with E-state index in [4.69, 9.17) is 5.73 Å². The molecule has 0 saturated heterocycles. The fraction of sp³-hybridized carbons (Fsp3) is 0.100. The zero-order valence-electron chi connectivity index (χ0n) is 10.1. The van der Waals surface area contributed by atoms with Crippen molar-refractivity contribution in [2.75, 3.05) is 4.72 Å². The van der Waals surface area contributed by atoms with Gasteiger partial charge in [0, 0.05) is 18.2 Å². The second kappa shape index (κ2) is 5.33. The van der Waals surface area contributed by atoms with Gasteiger partial charge in [0.2, 0.25) is 0 Å². The molecule has 0 unspecified atom stereocenters. The van der Waals surface area contributed by atoms with Gasteiger partial charge in [-0.3, -0.25) is 9.82 Å². The van der Waals surface area contributed by atoms with Crippen LogP contribution < -0.4 is 10.5 Å². The minimum Gasteiger partial charge on any atom is -0.326 e. The molecule has 4 N–H and O–H groups in total. The van der Waals surface area contributed by atoms with Crippen LogP contribution in [0.3, 0.4) is 0 Å². The van der Waals surface area contributed by atoms with Crippen LogP contribution in [0, 0.1) is 23.3 Å². The van der Waals surface area contributed by atoms with Crippen LogP contribution >= 0.6 is 0 Å². The third-order valence-electron chi connectivity index (χ3n) is 2.51. The van der Waals surface area contributed by atoms with E-state index in [9.17, 15) is 26.0 Å². The van der Waals surface area contributed by atoms with Crippen LogP contribution in [0.15, 0.2) is 17.3 Å². The van der Waals surface area contributed by atoms with E-state index < -0.39 is 44.0 Å². The van der Waals surface area contributed by atoms with Crippen LogP contribution in [0.25, 0.3) is 0 Å². The van der Waals surface area contributed by atoms with Crippen LogP contribution in [0.4, 0.5) is 23.2 Å². The molecule has 0 aliphatic carbocycles. The van der Waals surface area contributed by atoms with E-state index in [1.54, 1.807) is 0 Å². The Morgan fingerprint density at radius 2 is 1.76 bits per heavy atom. The molecule has 1 aromatic carbocycles. The summed E-state index contributed by atoms with van der Waals surface area (Å²) in [5.74, 6) is -7.22. The van der Waals surface area contributed by atoms with Crippen molar-refractivity contribution in [1.29, 1.82) is 0 Å². The number of aromatic nitrogens is 2. The monoisotopic (exact) mass is 324 g/mol. The number of nitrogens with one attached hydrogen (secondary N) is 2. The molecule has 11 heteroatoms. The Labute approximate surface area is 116 Å². The Balaban J connectivity index is 2.52. The number of sulfonamides is 1. The summed E-state index contributed by atoms with van der Waals surface area (Å²) in [5, 5.41) is 4.93. The lowest BCUT2D eigenvalue weighted by Gasteiger charge is -2.10. The van der Waals surface area contributed by atoms with Crippen molar-refractivity contribution < 1.29 is 26.0 Å². The van der Waals surface area contributed by atoms with E-state index in [0.29, 0.717) is 0 Å². The zero-order valence-corrected chi connectivity index (χ0v) is 10.9. The van der Waals surface area contributed by atoms with E-state index in [-0.39, 0.29) is 18.2 Å². The van der Waals surface area contributed by atoms with Gasteiger partial charge in [-0.1, -0.05) is 0 Å². The normalized spacial score (nSPS) is 11.7. The standard InChI is InChI=1S/C10H8F4N4O2S/c11-5-1-6(12)8(14)9(7(5)13)18-21(19,20)10-4(2-15)3-16-17-10/h1,3,18H,2,15H2,(H,16,17). The average Bonchev–Trinajstić information content (AvgIpc) is 2.91. The van der Waals surface area contributed by atoms with E-state index in [1.165, 1.54) is 4.72 Å². The smallest absolute Gasteiger partial charge is 0.279 e. The average molecular weight is 324 g/mol. The number of aromatic amines is 1. The Bertz CT molecular complexity index is 764. The van der Waals surface area contributed by atoms with Crippen molar-refractivity contribution in [3.05, 3.63) is 41.1 Å². The molecule has 0 spiro atoms. The molecule has 0 radical (unpaired) electrons. The van der Waals surface area contributed by atoms with Crippen LogP contribution in [0.2, 0.25) is 0 Å². The number of H-pyrrole nitrogens is 1. The predicted octanol–water partition coefficient (Wildman–Crippen LogP) is 1.23. The summed E-state index contributed by atoms with van der Waals surface area (Å²) in [6, 6.07) is -0.0377. The molecule has 0 aliphatic rings. The number of benzene rings is 1. The molecule has 6 nitrogen and oxygen atoms in total. The highest BCUT2D eigenvalue weighted by Crippen LogP contribution is 2.26. The van der Waals surface area contributed by atoms with Crippen LogP contribution in [-0.2, 0) is 16.6 Å². The lowest BCUT2D eigenvalue weighted by atomic mass is 10.3. The SMILES string of the molecule is NCc1cn[nH]c1S(=O)(=O)Nc1c(F)c(F)cc(F)c1F. The fourth-order valence-electron chi connectivity index (χ4n) is 1.53. The predicted molar refractivity (Wildman–Crippen MR) is 63.6 cm³/mol. The highest BCUT2D eigenvalue weighted by atomic mass is 32.2. The molecule has 0 amide bonds. The molecule has 2 aromatic rings. The fourth-order valence-corrected chi connectivity index (χ4v) is 2.73. The lowest BCUT2D eigenvalue weighted by Crippen LogP contribution is -2.19. The van der Waals surface area contributed by atoms with Crippen molar-refractivity contribution in [2.45, 2.75) is 11.6 Å². The summed E-state index contributed by atoms with van der Waals surface area (Å²) in [6.45, 7) is -0.227. The first-order valence-electron chi connectivity index (χ1n) is 5.36. The molecule has 0 fully saturated rings. The molecule has 2 rings (SSSR count). The Morgan fingerprint density at radius 3 is 2.29 bits per heavy atom. The number of halogens is 4. The second-order valence-corrected chi connectivity index (χ2v) is 5.50. The van der Waals surface area contributed by atoms with Crippen molar-refractivity contribution in [2.24, 2.45) is 5.73 Å². The first-order chi connectivity index (χ1) is 9.77.